The maximum absolute atomic E-state index is 6.22. The van der Waals surface area contributed by atoms with Gasteiger partial charge in [0.1, 0.15) is 11.0 Å². The maximum atomic E-state index is 6.22. The van der Waals surface area contributed by atoms with Gasteiger partial charge in [-0.3, -0.25) is 0 Å². The number of rotatable bonds is 2. The summed E-state index contributed by atoms with van der Waals surface area (Å²) in [7, 11) is 0. The van der Waals surface area contributed by atoms with Crippen molar-refractivity contribution in [1.29, 1.82) is 0 Å². The van der Waals surface area contributed by atoms with Gasteiger partial charge in [0.2, 0.25) is 0 Å². The number of ether oxygens (including phenoxy) is 1. The van der Waals surface area contributed by atoms with Crippen LogP contribution in [0.15, 0.2) is 6.07 Å². The van der Waals surface area contributed by atoms with E-state index in [9.17, 15) is 0 Å². The second-order valence-electron chi connectivity index (χ2n) is 6.17. The fourth-order valence-corrected chi connectivity index (χ4v) is 4.16. The molecule has 3 nitrogen and oxygen atoms in total. The summed E-state index contributed by atoms with van der Waals surface area (Å²) in [4.78, 5) is 9.32. The Morgan fingerprint density at radius 3 is 2.63 bits per heavy atom. The average molecular weight is 279 g/mol. The maximum Gasteiger partial charge on any atom is 0.136 e. The summed E-state index contributed by atoms with van der Waals surface area (Å²) >= 11 is 6.22. The molecule has 3 aliphatic rings. The molecule has 0 amide bonds. The van der Waals surface area contributed by atoms with Crippen molar-refractivity contribution < 1.29 is 4.74 Å². The van der Waals surface area contributed by atoms with Crippen molar-refractivity contribution in [2.75, 3.05) is 0 Å². The van der Waals surface area contributed by atoms with Gasteiger partial charge >= 0.3 is 0 Å². The quantitative estimate of drug-likeness (QED) is 0.772. The van der Waals surface area contributed by atoms with Crippen LogP contribution in [-0.2, 0) is 4.74 Å². The molecule has 19 heavy (non-hydrogen) atoms. The van der Waals surface area contributed by atoms with Crippen LogP contribution >= 0.6 is 11.6 Å². The number of aromatic nitrogens is 2. The van der Waals surface area contributed by atoms with Crippen LogP contribution in [0.4, 0.5) is 0 Å². The molecule has 102 valence electrons. The minimum Gasteiger partial charge on any atom is -0.374 e. The van der Waals surface area contributed by atoms with Gasteiger partial charge in [-0.25, -0.2) is 9.97 Å². The Kier molecular flexibility index (Phi) is 3.00. The molecule has 3 unspecified atom stereocenters. The number of nitrogens with zero attached hydrogens (tertiary/aromatic N) is 2. The van der Waals surface area contributed by atoms with Gasteiger partial charge in [0.15, 0.2) is 0 Å². The molecule has 2 bridgehead atoms. The first-order valence-electron chi connectivity index (χ1n) is 7.49. The molecule has 0 spiro atoms. The van der Waals surface area contributed by atoms with E-state index in [1.54, 1.807) is 0 Å². The zero-order chi connectivity index (χ0) is 12.8. The van der Waals surface area contributed by atoms with Crippen LogP contribution in [0.2, 0.25) is 5.15 Å². The van der Waals surface area contributed by atoms with Gasteiger partial charge in [0, 0.05) is 17.5 Å². The molecule has 3 atom stereocenters. The van der Waals surface area contributed by atoms with E-state index >= 15 is 0 Å². The second kappa shape index (κ2) is 4.71. The highest BCUT2D eigenvalue weighted by Gasteiger charge is 2.43. The minimum atomic E-state index is 0.333. The molecule has 2 saturated heterocycles. The molecule has 1 aliphatic carbocycles. The molecule has 1 aromatic heterocycles. The van der Waals surface area contributed by atoms with Crippen molar-refractivity contribution in [3.8, 4) is 0 Å². The predicted molar refractivity (Wildman–Crippen MR) is 73.5 cm³/mol. The van der Waals surface area contributed by atoms with Crippen LogP contribution in [-0.4, -0.2) is 22.2 Å². The van der Waals surface area contributed by atoms with E-state index in [0.717, 1.165) is 24.4 Å². The second-order valence-corrected chi connectivity index (χ2v) is 6.56. The monoisotopic (exact) mass is 278 g/mol. The molecule has 1 aromatic rings. The molecule has 4 rings (SSSR count). The Balaban J connectivity index is 1.64. The molecule has 3 fully saturated rings. The summed E-state index contributed by atoms with van der Waals surface area (Å²) in [5.74, 6) is 1.90. The van der Waals surface area contributed by atoms with Crippen LogP contribution in [0.5, 0.6) is 0 Å². The molecular weight excluding hydrogens is 260 g/mol. The number of hydrogen-bond acceptors (Lipinski definition) is 3. The van der Waals surface area contributed by atoms with Crippen LogP contribution in [0, 0.1) is 0 Å². The molecule has 0 radical (unpaired) electrons. The Morgan fingerprint density at radius 2 is 1.95 bits per heavy atom. The number of fused-ring (bicyclic) bond motifs is 2. The molecule has 0 N–H and O–H groups in total. The zero-order valence-corrected chi connectivity index (χ0v) is 11.8. The summed E-state index contributed by atoms with van der Waals surface area (Å²) in [5, 5.41) is 0.606. The molecule has 2 aliphatic heterocycles. The molecule has 0 aromatic carbocycles. The summed E-state index contributed by atoms with van der Waals surface area (Å²) in [6.07, 6.45) is 9.35. The topological polar surface area (TPSA) is 35.0 Å². The highest BCUT2D eigenvalue weighted by molar-refractivity contribution is 6.29. The van der Waals surface area contributed by atoms with Crippen LogP contribution in [0.25, 0.3) is 0 Å². The highest BCUT2D eigenvalue weighted by atomic mass is 35.5. The molecule has 3 heterocycles. The Labute approximate surface area is 118 Å². The van der Waals surface area contributed by atoms with Crippen molar-refractivity contribution in [3.63, 3.8) is 0 Å². The zero-order valence-electron chi connectivity index (χ0n) is 11.0. The van der Waals surface area contributed by atoms with Gasteiger partial charge in [0.25, 0.3) is 0 Å². The lowest BCUT2D eigenvalue weighted by Gasteiger charge is -2.19. The fourth-order valence-electron chi connectivity index (χ4n) is 3.96. The lowest BCUT2D eigenvalue weighted by Crippen LogP contribution is -2.18. The minimum absolute atomic E-state index is 0.333. The van der Waals surface area contributed by atoms with Crippen molar-refractivity contribution in [3.05, 3.63) is 22.7 Å². The Morgan fingerprint density at radius 1 is 1.11 bits per heavy atom. The first-order valence-corrected chi connectivity index (χ1v) is 7.87. The molecular formula is C15H19ClN2O. The predicted octanol–water partition coefficient (Wildman–Crippen LogP) is 3.82. The summed E-state index contributed by atoms with van der Waals surface area (Å²) < 4.78 is 5.92. The van der Waals surface area contributed by atoms with Crippen LogP contribution < -0.4 is 0 Å². The lowest BCUT2D eigenvalue weighted by molar-refractivity contribution is 0.0998. The number of halogens is 1. The SMILES string of the molecule is Clc1cc(C2CCCC2)nc(C2CC3CCC2O3)n1. The van der Waals surface area contributed by atoms with E-state index in [-0.39, 0.29) is 0 Å². The fraction of sp³-hybridized carbons (Fsp3) is 0.733. The summed E-state index contributed by atoms with van der Waals surface area (Å²) in [5.41, 5.74) is 1.16. The third kappa shape index (κ3) is 2.17. The normalized spacial score (nSPS) is 34.3. The van der Waals surface area contributed by atoms with E-state index < -0.39 is 0 Å². The lowest BCUT2D eigenvalue weighted by atomic mass is 9.88. The van der Waals surface area contributed by atoms with E-state index in [2.05, 4.69) is 4.98 Å². The standard InChI is InChI=1S/C15H19ClN2O/c16-14-8-12(9-3-1-2-4-9)17-15(18-14)11-7-10-5-6-13(11)19-10/h8-11,13H,1-7H2. The Bertz CT molecular complexity index is 487. The van der Waals surface area contributed by atoms with Gasteiger partial charge in [-0.1, -0.05) is 24.4 Å². The Hall–Kier alpha value is -0.670. The summed E-state index contributed by atoms with van der Waals surface area (Å²) in [6, 6.07) is 1.97. The van der Waals surface area contributed by atoms with Gasteiger partial charge in [0.05, 0.1) is 12.2 Å². The first kappa shape index (κ1) is 12.1. The van der Waals surface area contributed by atoms with Crippen molar-refractivity contribution in [2.24, 2.45) is 0 Å². The highest BCUT2D eigenvalue weighted by Crippen LogP contribution is 2.44. The van der Waals surface area contributed by atoms with E-state index in [0.29, 0.717) is 29.2 Å². The number of hydrogen-bond donors (Lipinski definition) is 0. The smallest absolute Gasteiger partial charge is 0.136 e. The third-order valence-electron chi connectivity index (χ3n) is 4.94. The van der Waals surface area contributed by atoms with E-state index in [1.165, 1.54) is 32.1 Å². The van der Waals surface area contributed by atoms with Gasteiger partial charge < -0.3 is 4.74 Å². The van der Waals surface area contributed by atoms with Gasteiger partial charge in [-0.2, -0.15) is 0 Å². The van der Waals surface area contributed by atoms with E-state index in [1.807, 2.05) is 6.07 Å². The van der Waals surface area contributed by atoms with E-state index in [4.69, 9.17) is 21.3 Å². The molecule has 1 saturated carbocycles. The van der Waals surface area contributed by atoms with Crippen LogP contribution in [0.1, 0.15) is 68.3 Å². The van der Waals surface area contributed by atoms with Crippen molar-refractivity contribution in [2.45, 2.75) is 69.0 Å². The van der Waals surface area contributed by atoms with Crippen LogP contribution in [0.3, 0.4) is 0 Å². The van der Waals surface area contributed by atoms with Crippen molar-refractivity contribution >= 4 is 11.6 Å². The summed E-state index contributed by atoms with van der Waals surface area (Å²) in [6.45, 7) is 0. The average Bonchev–Trinajstić information content (AvgIpc) is 3.15. The largest absolute Gasteiger partial charge is 0.374 e. The van der Waals surface area contributed by atoms with Crippen molar-refractivity contribution in [1.82, 2.24) is 9.97 Å². The first-order chi connectivity index (χ1) is 9.29. The van der Waals surface area contributed by atoms with Gasteiger partial charge in [-0.15, -0.1) is 0 Å². The van der Waals surface area contributed by atoms with Gasteiger partial charge in [-0.05, 0) is 38.2 Å². The third-order valence-corrected chi connectivity index (χ3v) is 5.14. The molecule has 4 heteroatoms.